The first kappa shape index (κ1) is 21.4. The van der Waals surface area contributed by atoms with E-state index >= 15 is 0 Å². The van der Waals surface area contributed by atoms with E-state index in [4.69, 9.17) is 16.3 Å². The Morgan fingerprint density at radius 2 is 1.79 bits per heavy atom. The standard InChI is InChI=1S/C27H21ClN2O2S/c1-17-26(27(31)25-10-9-24(33-25)19-11-13-29-14-12-19)22-15-21(32-2)7-8-23(22)30(17)16-18-3-5-20(28)6-4-18/h3-15H,16H2,1-2H3. The SMILES string of the molecule is COc1ccc2c(c1)c(C(=O)c1ccc(-c3ccncc3)s1)c(C)n2Cc1ccc(Cl)cc1. The third-order valence-corrected chi connectivity index (χ3v) is 7.19. The molecule has 4 nitrogen and oxygen atoms in total. The third kappa shape index (κ3) is 4.06. The molecule has 6 heteroatoms. The molecule has 0 atom stereocenters. The number of methoxy groups -OCH3 is 1. The van der Waals surface area contributed by atoms with Crippen LogP contribution in [-0.2, 0) is 6.54 Å². The lowest BCUT2D eigenvalue weighted by atomic mass is 10.1. The number of benzene rings is 2. The molecule has 164 valence electrons. The molecule has 5 rings (SSSR count). The number of nitrogens with zero attached hydrogens (tertiary/aromatic N) is 2. The Bertz CT molecular complexity index is 1450. The van der Waals surface area contributed by atoms with Crippen LogP contribution in [0.3, 0.4) is 0 Å². The molecule has 0 aliphatic heterocycles. The lowest BCUT2D eigenvalue weighted by Gasteiger charge is -2.09. The number of thiophene rings is 1. The molecule has 5 aromatic rings. The van der Waals surface area contributed by atoms with Crippen LogP contribution in [0.5, 0.6) is 5.75 Å². The molecule has 0 N–H and O–H groups in total. The van der Waals surface area contributed by atoms with E-state index in [9.17, 15) is 4.79 Å². The summed E-state index contributed by atoms with van der Waals surface area (Å²) in [5.41, 5.74) is 4.80. The summed E-state index contributed by atoms with van der Waals surface area (Å²) in [6, 6.07) is 21.5. The van der Waals surface area contributed by atoms with Crippen LogP contribution >= 0.6 is 22.9 Å². The Hall–Kier alpha value is -3.41. The summed E-state index contributed by atoms with van der Waals surface area (Å²) in [7, 11) is 1.64. The lowest BCUT2D eigenvalue weighted by molar-refractivity contribution is 0.104. The predicted octanol–water partition coefficient (Wildman–Crippen LogP) is 7.01. The summed E-state index contributed by atoms with van der Waals surface area (Å²) in [6.07, 6.45) is 3.52. The number of rotatable bonds is 6. The van der Waals surface area contributed by atoms with Crippen LogP contribution in [0.4, 0.5) is 0 Å². The molecular weight excluding hydrogens is 452 g/mol. The van der Waals surface area contributed by atoms with Gasteiger partial charge in [-0.25, -0.2) is 0 Å². The highest BCUT2D eigenvalue weighted by atomic mass is 35.5. The first-order valence-electron chi connectivity index (χ1n) is 10.5. The molecule has 0 bridgehead atoms. The maximum atomic E-state index is 13.8. The second kappa shape index (κ2) is 8.85. The Labute approximate surface area is 201 Å². The van der Waals surface area contributed by atoms with Gasteiger partial charge >= 0.3 is 0 Å². The molecule has 33 heavy (non-hydrogen) atoms. The fourth-order valence-electron chi connectivity index (χ4n) is 4.11. The molecule has 0 amide bonds. The zero-order valence-electron chi connectivity index (χ0n) is 18.2. The minimum Gasteiger partial charge on any atom is -0.497 e. The van der Waals surface area contributed by atoms with Crippen molar-refractivity contribution in [3.05, 3.63) is 106 Å². The van der Waals surface area contributed by atoms with Crippen LogP contribution in [0, 0.1) is 6.92 Å². The van der Waals surface area contributed by atoms with Crippen molar-refractivity contribution < 1.29 is 9.53 Å². The van der Waals surface area contributed by atoms with E-state index in [1.165, 1.54) is 11.3 Å². The van der Waals surface area contributed by atoms with Gasteiger partial charge in [-0.2, -0.15) is 0 Å². The van der Waals surface area contributed by atoms with Crippen LogP contribution in [-0.4, -0.2) is 22.4 Å². The first-order valence-corrected chi connectivity index (χ1v) is 11.7. The molecule has 0 aliphatic carbocycles. The van der Waals surface area contributed by atoms with Crippen molar-refractivity contribution >= 4 is 39.6 Å². The summed E-state index contributed by atoms with van der Waals surface area (Å²) in [5.74, 6) is 0.745. The molecular formula is C27H21ClN2O2S. The van der Waals surface area contributed by atoms with Crippen LogP contribution in [0.25, 0.3) is 21.3 Å². The van der Waals surface area contributed by atoms with Crippen molar-refractivity contribution in [1.82, 2.24) is 9.55 Å². The van der Waals surface area contributed by atoms with E-state index in [-0.39, 0.29) is 5.78 Å². The Morgan fingerprint density at radius 1 is 1.03 bits per heavy atom. The number of hydrogen-bond donors (Lipinski definition) is 0. The smallest absolute Gasteiger partial charge is 0.205 e. The predicted molar refractivity (Wildman–Crippen MR) is 135 cm³/mol. The second-order valence-electron chi connectivity index (χ2n) is 7.79. The van der Waals surface area contributed by atoms with Gasteiger partial charge < -0.3 is 9.30 Å². The Kier molecular flexibility index (Phi) is 5.75. The van der Waals surface area contributed by atoms with Gasteiger partial charge in [-0.05, 0) is 72.6 Å². The summed E-state index contributed by atoms with van der Waals surface area (Å²) in [5, 5.41) is 1.60. The van der Waals surface area contributed by atoms with Gasteiger partial charge in [0, 0.05) is 45.4 Å². The zero-order valence-corrected chi connectivity index (χ0v) is 19.8. The van der Waals surface area contributed by atoms with E-state index < -0.39 is 0 Å². The van der Waals surface area contributed by atoms with Crippen molar-refractivity contribution in [1.29, 1.82) is 0 Å². The molecule has 0 saturated heterocycles. The number of aromatic nitrogens is 2. The molecule has 0 fully saturated rings. The van der Waals surface area contributed by atoms with Crippen molar-refractivity contribution in [2.75, 3.05) is 7.11 Å². The van der Waals surface area contributed by atoms with Gasteiger partial charge in [-0.15, -0.1) is 11.3 Å². The number of halogens is 1. The van der Waals surface area contributed by atoms with E-state index in [0.29, 0.717) is 22.0 Å². The average Bonchev–Trinajstić information content (AvgIpc) is 3.44. The maximum Gasteiger partial charge on any atom is 0.205 e. The fraction of sp³-hybridized carbons (Fsp3) is 0.111. The molecule has 0 unspecified atom stereocenters. The van der Waals surface area contributed by atoms with Crippen molar-refractivity contribution in [2.45, 2.75) is 13.5 Å². The molecule has 0 radical (unpaired) electrons. The minimum absolute atomic E-state index is 0.0194. The number of ether oxygens (including phenoxy) is 1. The summed E-state index contributed by atoms with van der Waals surface area (Å²) < 4.78 is 7.65. The first-order chi connectivity index (χ1) is 16.0. The number of pyridine rings is 1. The van der Waals surface area contributed by atoms with Crippen LogP contribution in [0.1, 0.15) is 26.5 Å². The maximum absolute atomic E-state index is 13.8. The molecule has 3 aromatic heterocycles. The lowest BCUT2D eigenvalue weighted by Crippen LogP contribution is -2.05. The highest BCUT2D eigenvalue weighted by Gasteiger charge is 2.23. The molecule has 3 heterocycles. The fourth-order valence-corrected chi connectivity index (χ4v) is 5.19. The number of hydrogen-bond acceptors (Lipinski definition) is 4. The Balaban J connectivity index is 1.61. The van der Waals surface area contributed by atoms with Gasteiger partial charge in [-0.3, -0.25) is 9.78 Å². The number of carbonyl (C=O) groups is 1. The van der Waals surface area contributed by atoms with Gasteiger partial charge in [0.2, 0.25) is 5.78 Å². The molecule has 0 spiro atoms. The zero-order chi connectivity index (χ0) is 22.9. The molecule has 0 aliphatic rings. The van der Waals surface area contributed by atoms with Crippen LogP contribution in [0.2, 0.25) is 5.02 Å². The number of ketones is 1. The highest BCUT2D eigenvalue weighted by Crippen LogP contribution is 2.35. The molecule has 2 aromatic carbocycles. The van der Waals surface area contributed by atoms with Crippen molar-refractivity contribution in [2.24, 2.45) is 0 Å². The average molecular weight is 473 g/mol. The van der Waals surface area contributed by atoms with Crippen LogP contribution in [0.15, 0.2) is 79.1 Å². The number of carbonyl (C=O) groups excluding carboxylic acids is 1. The largest absolute Gasteiger partial charge is 0.497 e. The highest BCUT2D eigenvalue weighted by molar-refractivity contribution is 7.17. The van der Waals surface area contributed by atoms with E-state index in [1.54, 1.807) is 19.5 Å². The summed E-state index contributed by atoms with van der Waals surface area (Å²) in [6.45, 7) is 2.65. The second-order valence-corrected chi connectivity index (χ2v) is 9.31. The van der Waals surface area contributed by atoms with Gasteiger partial charge in [0.1, 0.15) is 5.75 Å². The van der Waals surface area contributed by atoms with E-state index in [1.807, 2.05) is 73.7 Å². The van der Waals surface area contributed by atoms with Crippen LogP contribution < -0.4 is 4.74 Å². The topological polar surface area (TPSA) is 44.1 Å². The summed E-state index contributed by atoms with van der Waals surface area (Å²) >= 11 is 7.56. The number of fused-ring (bicyclic) bond motifs is 1. The quantitative estimate of drug-likeness (QED) is 0.249. The van der Waals surface area contributed by atoms with Gasteiger partial charge in [0.15, 0.2) is 0 Å². The van der Waals surface area contributed by atoms with Gasteiger partial charge in [0.05, 0.1) is 17.6 Å². The minimum atomic E-state index is 0.0194. The molecule has 0 saturated carbocycles. The van der Waals surface area contributed by atoms with Gasteiger partial charge in [0.25, 0.3) is 0 Å². The van der Waals surface area contributed by atoms with E-state index in [2.05, 4.69) is 9.55 Å². The third-order valence-electron chi connectivity index (χ3n) is 5.81. The summed E-state index contributed by atoms with van der Waals surface area (Å²) in [4.78, 5) is 19.6. The monoisotopic (exact) mass is 472 g/mol. The van der Waals surface area contributed by atoms with E-state index in [0.717, 1.165) is 38.4 Å². The van der Waals surface area contributed by atoms with Crippen molar-refractivity contribution in [3.8, 4) is 16.2 Å². The van der Waals surface area contributed by atoms with Gasteiger partial charge in [-0.1, -0.05) is 23.7 Å². The Morgan fingerprint density at radius 3 is 2.52 bits per heavy atom. The normalized spacial score (nSPS) is 11.1. The van der Waals surface area contributed by atoms with Crippen molar-refractivity contribution in [3.63, 3.8) is 0 Å².